The first-order valence-corrected chi connectivity index (χ1v) is 4.79. The SMILES string of the molecule is Cc1ccc(CCCCl)s1. The second-order valence-electron chi connectivity index (χ2n) is 2.30. The summed E-state index contributed by atoms with van der Waals surface area (Å²) in [5.41, 5.74) is 0. The standard InChI is InChI=1S/C8H11ClS/c1-7-4-5-8(10-7)3-2-6-9/h4-5H,2-3,6H2,1H3. The van der Waals surface area contributed by atoms with Crippen LogP contribution in [0.3, 0.4) is 0 Å². The highest BCUT2D eigenvalue weighted by molar-refractivity contribution is 7.11. The molecule has 0 aliphatic rings. The number of halogens is 1. The molecule has 1 rings (SSSR count). The fourth-order valence-electron chi connectivity index (χ4n) is 0.861. The van der Waals surface area contributed by atoms with Crippen LogP contribution in [-0.2, 0) is 6.42 Å². The van der Waals surface area contributed by atoms with Crippen LogP contribution in [0.1, 0.15) is 16.2 Å². The molecule has 1 aromatic heterocycles. The van der Waals surface area contributed by atoms with Gasteiger partial charge in [0.25, 0.3) is 0 Å². The molecule has 0 N–H and O–H groups in total. The summed E-state index contributed by atoms with van der Waals surface area (Å²) in [6, 6.07) is 4.35. The molecular weight excluding hydrogens is 164 g/mol. The van der Waals surface area contributed by atoms with E-state index in [1.807, 2.05) is 11.3 Å². The maximum atomic E-state index is 5.56. The third kappa shape index (κ3) is 2.31. The third-order valence-electron chi connectivity index (χ3n) is 1.35. The zero-order valence-electron chi connectivity index (χ0n) is 6.06. The highest BCUT2D eigenvalue weighted by Crippen LogP contribution is 2.16. The van der Waals surface area contributed by atoms with Crippen molar-refractivity contribution in [3.05, 3.63) is 21.9 Å². The molecule has 0 amide bonds. The smallest absolute Gasteiger partial charge is 0.0226 e. The monoisotopic (exact) mass is 174 g/mol. The molecule has 1 heterocycles. The lowest BCUT2D eigenvalue weighted by Crippen LogP contribution is -1.79. The van der Waals surface area contributed by atoms with E-state index in [-0.39, 0.29) is 0 Å². The minimum atomic E-state index is 0.775. The Morgan fingerprint density at radius 2 is 2.30 bits per heavy atom. The summed E-state index contributed by atoms with van der Waals surface area (Å²) in [5.74, 6) is 0.775. The second kappa shape index (κ2) is 3.99. The van der Waals surface area contributed by atoms with Gasteiger partial charge in [-0.15, -0.1) is 22.9 Å². The Hall–Kier alpha value is -0.0100. The average Bonchev–Trinajstić information content (AvgIpc) is 2.31. The van der Waals surface area contributed by atoms with Crippen LogP contribution in [0.5, 0.6) is 0 Å². The van der Waals surface area contributed by atoms with Crippen molar-refractivity contribution in [1.82, 2.24) is 0 Å². The van der Waals surface area contributed by atoms with Crippen LogP contribution in [0.15, 0.2) is 12.1 Å². The van der Waals surface area contributed by atoms with E-state index in [4.69, 9.17) is 11.6 Å². The fraction of sp³-hybridized carbons (Fsp3) is 0.500. The van der Waals surface area contributed by atoms with Gasteiger partial charge in [0.1, 0.15) is 0 Å². The topological polar surface area (TPSA) is 0 Å². The maximum Gasteiger partial charge on any atom is 0.0226 e. The van der Waals surface area contributed by atoms with E-state index in [0.29, 0.717) is 0 Å². The van der Waals surface area contributed by atoms with Gasteiger partial charge in [0.15, 0.2) is 0 Å². The van der Waals surface area contributed by atoms with Crippen LogP contribution in [0.4, 0.5) is 0 Å². The van der Waals surface area contributed by atoms with Gasteiger partial charge in [-0.05, 0) is 31.9 Å². The van der Waals surface area contributed by atoms with Gasteiger partial charge in [0.05, 0.1) is 0 Å². The van der Waals surface area contributed by atoms with Crippen LogP contribution in [0.2, 0.25) is 0 Å². The Labute approximate surface area is 70.8 Å². The molecule has 0 unspecified atom stereocenters. The lowest BCUT2D eigenvalue weighted by atomic mass is 10.3. The van der Waals surface area contributed by atoms with E-state index in [0.717, 1.165) is 18.7 Å². The molecule has 0 atom stereocenters. The highest BCUT2D eigenvalue weighted by atomic mass is 35.5. The predicted molar refractivity (Wildman–Crippen MR) is 48.1 cm³/mol. The third-order valence-corrected chi connectivity index (χ3v) is 2.68. The first-order valence-electron chi connectivity index (χ1n) is 3.44. The normalized spacial score (nSPS) is 10.2. The number of rotatable bonds is 3. The summed E-state index contributed by atoms with van der Waals surface area (Å²) < 4.78 is 0. The van der Waals surface area contributed by atoms with Gasteiger partial charge < -0.3 is 0 Å². The van der Waals surface area contributed by atoms with E-state index < -0.39 is 0 Å². The lowest BCUT2D eigenvalue weighted by molar-refractivity contribution is 0.947. The van der Waals surface area contributed by atoms with Crippen LogP contribution in [-0.4, -0.2) is 5.88 Å². The molecular formula is C8H11ClS. The Bertz CT molecular complexity index is 193. The summed E-state index contributed by atoms with van der Waals surface area (Å²) in [6.45, 7) is 2.13. The minimum absolute atomic E-state index is 0.775. The molecule has 2 heteroatoms. The first kappa shape index (κ1) is 8.09. The molecule has 0 saturated carbocycles. The van der Waals surface area contributed by atoms with E-state index in [9.17, 15) is 0 Å². The predicted octanol–water partition coefficient (Wildman–Crippen LogP) is 3.23. The Kier molecular flexibility index (Phi) is 3.23. The molecule has 10 heavy (non-hydrogen) atoms. The van der Waals surface area contributed by atoms with Crippen LogP contribution >= 0.6 is 22.9 Å². The van der Waals surface area contributed by atoms with Crippen molar-refractivity contribution >= 4 is 22.9 Å². The number of hydrogen-bond acceptors (Lipinski definition) is 1. The van der Waals surface area contributed by atoms with Gasteiger partial charge >= 0.3 is 0 Å². The maximum absolute atomic E-state index is 5.56. The molecule has 1 aromatic rings. The number of alkyl halides is 1. The molecule has 0 aliphatic heterocycles. The highest BCUT2D eigenvalue weighted by Gasteiger charge is 1.94. The van der Waals surface area contributed by atoms with Crippen molar-refractivity contribution < 1.29 is 0 Å². The summed E-state index contributed by atoms with van der Waals surface area (Å²) in [4.78, 5) is 2.85. The lowest BCUT2D eigenvalue weighted by Gasteiger charge is -1.90. The van der Waals surface area contributed by atoms with E-state index in [2.05, 4.69) is 19.1 Å². The Morgan fingerprint density at radius 3 is 2.80 bits per heavy atom. The summed E-state index contributed by atoms with van der Waals surface area (Å²) in [5, 5.41) is 0. The van der Waals surface area contributed by atoms with Crippen molar-refractivity contribution in [2.24, 2.45) is 0 Å². The molecule has 0 aliphatic carbocycles. The van der Waals surface area contributed by atoms with Crippen molar-refractivity contribution in [2.75, 3.05) is 5.88 Å². The van der Waals surface area contributed by atoms with Gasteiger partial charge in [-0.1, -0.05) is 0 Å². The largest absolute Gasteiger partial charge is 0.146 e. The van der Waals surface area contributed by atoms with E-state index >= 15 is 0 Å². The first-order chi connectivity index (χ1) is 4.83. The molecule has 56 valence electrons. The number of thiophene rings is 1. The number of hydrogen-bond donors (Lipinski definition) is 0. The van der Waals surface area contributed by atoms with Crippen molar-refractivity contribution in [1.29, 1.82) is 0 Å². The van der Waals surface area contributed by atoms with Crippen molar-refractivity contribution in [3.8, 4) is 0 Å². The summed E-state index contributed by atoms with van der Waals surface area (Å²) in [6.07, 6.45) is 2.24. The Balaban J connectivity index is 2.42. The fourth-order valence-corrected chi connectivity index (χ4v) is 1.93. The van der Waals surface area contributed by atoms with E-state index in [1.165, 1.54) is 9.75 Å². The van der Waals surface area contributed by atoms with Crippen molar-refractivity contribution in [2.45, 2.75) is 19.8 Å². The van der Waals surface area contributed by atoms with Crippen LogP contribution in [0, 0.1) is 6.92 Å². The zero-order chi connectivity index (χ0) is 7.40. The second-order valence-corrected chi connectivity index (χ2v) is 4.06. The Morgan fingerprint density at radius 1 is 1.50 bits per heavy atom. The van der Waals surface area contributed by atoms with Gasteiger partial charge in [-0.3, -0.25) is 0 Å². The quantitative estimate of drug-likeness (QED) is 0.618. The summed E-state index contributed by atoms with van der Waals surface area (Å²) in [7, 11) is 0. The molecule has 0 aromatic carbocycles. The molecule has 0 saturated heterocycles. The average molecular weight is 175 g/mol. The number of aryl methyl sites for hydroxylation is 2. The van der Waals surface area contributed by atoms with E-state index in [1.54, 1.807) is 0 Å². The molecule has 0 radical (unpaired) electrons. The molecule has 0 nitrogen and oxygen atoms in total. The molecule has 0 fully saturated rings. The summed E-state index contributed by atoms with van der Waals surface area (Å²) >= 11 is 7.43. The van der Waals surface area contributed by atoms with Crippen molar-refractivity contribution in [3.63, 3.8) is 0 Å². The van der Waals surface area contributed by atoms with Gasteiger partial charge in [0.2, 0.25) is 0 Å². The zero-order valence-corrected chi connectivity index (χ0v) is 7.63. The molecule has 0 spiro atoms. The minimum Gasteiger partial charge on any atom is -0.146 e. The van der Waals surface area contributed by atoms with Gasteiger partial charge in [0, 0.05) is 15.6 Å². The molecule has 0 bridgehead atoms. The van der Waals surface area contributed by atoms with Crippen LogP contribution in [0.25, 0.3) is 0 Å². The van der Waals surface area contributed by atoms with Crippen LogP contribution < -0.4 is 0 Å². The van der Waals surface area contributed by atoms with Gasteiger partial charge in [-0.2, -0.15) is 0 Å². The van der Waals surface area contributed by atoms with Gasteiger partial charge in [-0.25, -0.2) is 0 Å².